The van der Waals surface area contributed by atoms with Gasteiger partial charge in [-0.2, -0.15) is 0 Å². The van der Waals surface area contributed by atoms with Gasteiger partial charge in [-0.05, 0) is 5.92 Å². The minimum atomic E-state index is -0.667. The van der Waals surface area contributed by atoms with Crippen LogP contribution in [0.3, 0.4) is 0 Å². The highest BCUT2D eigenvalue weighted by Gasteiger charge is 1.88. The average molecular weight is 143 g/mol. The molecule has 0 atom stereocenters. The summed E-state index contributed by atoms with van der Waals surface area (Å²) >= 11 is 0. The van der Waals surface area contributed by atoms with Gasteiger partial charge in [0.2, 0.25) is 0 Å². The summed E-state index contributed by atoms with van der Waals surface area (Å²) in [4.78, 5) is 0. The summed E-state index contributed by atoms with van der Waals surface area (Å²) in [6, 6.07) is 0. The fourth-order valence-electron chi connectivity index (χ4n) is 0.612. The smallest absolute Gasteiger partial charge is 0 e. The van der Waals surface area contributed by atoms with Crippen LogP contribution in [-0.2, 0) is 0 Å². The molecular formula is C7H16B4. The van der Waals surface area contributed by atoms with Gasteiger partial charge in [0.25, 0.3) is 0 Å². The molecule has 0 fully saturated rings. The molecule has 0 aromatic rings. The lowest BCUT2D eigenvalue weighted by atomic mass is 9.08. The van der Waals surface area contributed by atoms with Crippen molar-refractivity contribution in [3.05, 3.63) is 0 Å². The minimum absolute atomic E-state index is 0.667. The fraction of sp³-hybridized carbons (Fsp3) is 1.00. The highest BCUT2D eigenvalue weighted by Crippen LogP contribution is 2.04. The van der Waals surface area contributed by atoms with Crippen molar-refractivity contribution in [2.75, 3.05) is 0 Å². The quantitative estimate of drug-likeness (QED) is 0.523. The first-order valence-electron chi connectivity index (χ1n) is 4.27. The van der Waals surface area contributed by atoms with Crippen LogP contribution in [-0.4, -0.2) is 29.6 Å². The second-order valence-electron chi connectivity index (χ2n) is 3.11. The van der Waals surface area contributed by atoms with E-state index in [1.165, 1.54) is 19.3 Å². The van der Waals surface area contributed by atoms with Gasteiger partial charge >= 0.3 is 0 Å². The molecule has 0 saturated heterocycles. The molecule has 6 radical (unpaired) electrons. The molecule has 0 heterocycles. The summed E-state index contributed by atoms with van der Waals surface area (Å²) in [5.74, 6) is 0.903. The van der Waals surface area contributed by atoms with Crippen molar-refractivity contribution < 1.29 is 0 Å². The molecule has 0 aliphatic rings. The van der Waals surface area contributed by atoms with E-state index >= 15 is 0 Å². The van der Waals surface area contributed by atoms with Gasteiger partial charge in [-0.15, -0.1) is 0 Å². The van der Waals surface area contributed by atoms with E-state index in [0.717, 1.165) is 5.92 Å². The second-order valence-corrected chi connectivity index (χ2v) is 3.11. The summed E-state index contributed by atoms with van der Waals surface area (Å²) in [6.07, 6.45) is 3.48. The predicted octanol–water partition coefficient (Wildman–Crippen LogP) is 1.31. The Morgan fingerprint density at radius 1 is 1.18 bits per heavy atom. The van der Waals surface area contributed by atoms with Crippen molar-refractivity contribution in [2.24, 2.45) is 5.92 Å². The molecule has 0 unspecified atom stereocenters. The molecule has 0 rings (SSSR count). The van der Waals surface area contributed by atoms with E-state index in [2.05, 4.69) is 44.0 Å². The van der Waals surface area contributed by atoms with Crippen LogP contribution in [0.5, 0.6) is 0 Å². The minimum Gasteiger partial charge on any atom is -0.0654 e. The molecule has 0 saturated carbocycles. The normalized spacial score (nSPS) is 8.73. The maximum atomic E-state index is 4.67. The van der Waals surface area contributed by atoms with Crippen LogP contribution >= 0.6 is 0 Å². The second kappa shape index (κ2) is 10.3. The van der Waals surface area contributed by atoms with Crippen molar-refractivity contribution in [1.29, 1.82) is 0 Å². The monoisotopic (exact) mass is 144 g/mol. The predicted molar refractivity (Wildman–Crippen MR) is 57.4 cm³/mol. The molecule has 0 spiro atoms. The van der Waals surface area contributed by atoms with E-state index in [1.807, 2.05) is 0 Å². The van der Waals surface area contributed by atoms with Crippen LogP contribution in [0.1, 0.15) is 40.0 Å². The first-order chi connectivity index (χ1) is 5.00. The van der Waals surface area contributed by atoms with Crippen molar-refractivity contribution in [3.8, 4) is 0 Å². The van der Waals surface area contributed by atoms with Gasteiger partial charge in [0, 0.05) is 29.6 Å². The lowest BCUT2D eigenvalue weighted by molar-refractivity contribution is 0.550. The van der Waals surface area contributed by atoms with E-state index in [1.54, 1.807) is 0 Å². The zero-order valence-corrected chi connectivity index (χ0v) is 8.01. The van der Waals surface area contributed by atoms with Crippen LogP contribution in [0.4, 0.5) is 0 Å². The van der Waals surface area contributed by atoms with Crippen molar-refractivity contribution >= 4 is 29.6 Å². The van der Waals surface area contributed by atoms with E-state index in [-0.39, 0.29) is 0 Å². The maximum Gasteiger partial charge on any atom is 0 e. The lowest BCUT2D eigenvalue weighted by Crippen LogP contribution is -2.11. The molecule has 0 nitrogen and oxygen atoms in total. The van der Waals surface area contributed by atoms with Gasteiger partial charge in [-0.25, -0.2) is 0 Å². The first kappa shape index (κ1) is 13.8. The van der Waals surface area contributed by atoms with Gasteiger partial charge in [0.15, 0.2) is 0 Å². The van der Waals surface area contributed by atoms with Crippen LogP contribution in [0.2, 0.25) is 0 Å². The Bertz CT molecular complexity index is 60.7. The van der Waals surface area contributed by atoms with E-state index < -0.39 is 6.39 Å². The molecule has 0 aliphatic heterocycles. The zero-order valence-electron chi connectivity index (χ0n) is 8.01. The third kappa shape index (κ3) is 38.6. The number of rotatable bonds is 3. The molecular weight excluding hydrogens is 127 g/mol. The Hall–Kier alpha value is 0.260. The van der Waals surface area contributed by atoms with Crippen molar-refractivity contribution in [1.82, 2.24) is 0 Å². The molecule has 0 aromatic carbocycles. The highest BCUT2D eigenvalue weighted by atomic mass is 13.9. The SMILES string of the molecule is CCCCC(C)C.[B]B([B])[B]. The van der Waals surface area contributed by atoms with Gasteiger partial charge < -0.3 is 0 Å². The zero-order chi connectivity index (χ0) is 9.28. The molecule has 56 valence electrons. The molecule has 0 bridgehead atoms. The van der Waals surface area contributed by atoms with Gasteiger partial charge in [-0.1, -0.05) is 40.0 Å². The Labute approximate surface area is 76.2 Å². The summed E-state index contributed by atoms with van der Waals surface area (Å²) in [6.45, 7) is 6.79. The topological polar surface area (TPSA) is 0 Å². The van der Waals surface area contributed by atoms with Gasteiger partial charge in [-0.3, -0.25) is 0 Å². The van der Waals surface area contributed by atoms with Crippen LogP contribution in [0, 0.1) is 5.92 Å². The van der Waals surface area contributed by atoms with Crippen molar-refractivity contribution in [2.45, 2.75) is 40.0 Å². The first-order valence-corrected chi connectivity index (χ1v) is 4.27. The third-order valence-corrected chi connectivity index (χ3v) is 1.14. The Kier molecular flexibility index (Phi) is 12.9. The average Bonchev–Trinajstić information content (AvgIpc) is 1.82. The third-order valence-electron chi connectivity index (χ3n) is 1.14. The van der Waals surface area contributed by atoms with Crippen LogP contribution < -0.4 is 0 Å². The number of hydrogen-bond acceptors (Lipinski definition) is 0. The standard InChI is InChI=1S/C7H16.B4/c1-4-5-6-7(2)3;1-4(2)3/h7H,4-6H2,1-3H3;. The van der Waals surface area contributed by atoms with E-state index in [0.29, 0.717) is 0 Å². The molecule has 11 heavy (non-hydrogen) atoms. The van der Waals surface area contributed by atoms with E-state index in [4.69, 9.17) is 0 Å². The van der Waals surface area contributed by atoms with E-state index in [9.17, 15) is 0 Å². The van der Waals surface area contributed by atoms with Gasteiger partial charge in [0.1, 0.15) is 0 Å². The molecule has 0 N–H and O–H groups in total. The summed E-state index contributed by atoms with van der Waals surface area (Å²) in [5.41, 5.74) is 0. The largest absolute Gasteiger partial charge is 0.0654 e. The fourth-order valence-corrected chi connectivity index (χ4v) is 0.612. The molecule has 4 heteroatoms. The maximum absolute atomic E-state index is 4.67. The van der Waals surface area contributed by atoms with Crippen molar-refractivity contribution in [3.63, 3.8) is 0 Å². The highest BCUT2D eigenvalue weighted by molar-refractivity contribution is 7.49. The lowest BCUT2D eigenvalue weighted by Gasteiger charge is -1.98. The molecule has 0 amide bonds. The summed E-state index contributed by atoms with van der Waals surface area (Å²) in [5, 5.41) is 0. The molecule has 0 aromatic heterocycles. The Morgan fingerprint density at radius 3 is 1.64 bits per heavy atom. The van der Waals surface area contributed by atoms with Gasteiger partial charge in [0.05, 0.1) is 0 Å². The Morgan fingerprint density at radius 2 is 1.55 bits per heavy atom. The summed E-state index contributed by atoms with van der Waals surface area (Å²) in [7, 11) is 14.0. The number of unbranched alkanes of at least 4 members (excludes halogenated alkanes) is 1. The summed E-state index contributed by atoms with van der Waals surface area (Å²) < 4.78 is 0. The Balaban J connectivity index is 0. The molecule has 0 aliphatic carbocycles. The van der Waals surface area contributed by atoms with Crippen LogP contribution in [0.15, 0.2) is 0 Å². The van der Waals surface area contributed by atoms with Crippen LogP contribution in [0.25, 0.3) is 0 Å². The number of hydrogen-bond donors (Lipinski definition) is 0.